The summed E-state index contributed by atoms with van der Waals surface area (Å²) in [5, 5.41) is 0. The molecule has 72 valence electrons. The number of aromatic nitrogens is 1. The summed E-state index contributed by atoms with van der Waals surface area (Å²) in [6.45, 7) is 11.8. The van der Waals surface area contributed by atoms with Gasteiger partial charge in [0.05, 0.1) is 0 Å². The second-order valence-corrected chi connectivity index (χ2v) is 2.53. The maximum atomic E-state index is 3.72. The lowest BCUT2D eigenvalue weighted by Gasteiger charge is -1.88. The Hall–Kier alpha value is -1.24. The first-order valence-corrected chi connectivity index (χ1v) is 4.72. The van der Waals surface area contributed by atoms with Crippen molar-refractivity contribution < 1.29 is 0 Å². The van der Waals surface area contributed by atoms with Crippen molar-refractivity contribution in [3.05, 3.63) is 35.7 Å². The van der Waals surface area contributed by atoms with Gasteiger partial charge in [-0.15, -0.1) is 0 Å². The Balaban J connectivity index is 0.000000671. The number of nitrogens with one attached hydrogen (secondary N) is 1. The van der Waals surface area contributed by atoms with Gasteiger partial charge in [-0.3, -0.25) is 0 Å². The summed E-state index contributed by atoms with van der Waals surface area (Å²) in [6.07, 6.45) is 5.93. The van der Waals surface area contributed by atoms with Crippen LogP contribution in [0.25, 0.3) is 12.2 Å². The zero-order chi connectivity index (χ0) is 10.3. The first-order valence-electron chi connectivity index (χ1n) is 4.72. The van der Waals surface area contributed by atoms with E-state index in [4.69, 9.17) is 0 Å². The van der Waals surface area contributed by atoms with Crippen molar-refractivity contribution in [3.63, 3.8) is 0 Å². The summed E-state index contributed by atoms with van der Waals surface area (Å²) < 4.78 is 0. The van der Waals surface area contributed by atoms with Crippen LogP contribution >= 0.6 is 0 Å². The maximum absolute atomic E-state index is 3.72. The molecule has 1 heterocycles. The zero-order valence-corrected chi connectivity index (χ0v) is 9.02. The van der Waals surface area contributed by atoms with E-state index >= 15 is 0 Å². The molecule has 0 spiro atoms. The van der Waals surface area contributed by atoms with E-state index < -0.39 is 0 Å². The van der Waals surface area contributed by atoms with Crippen LogP contribution < -0.4 is 0 Å². The lowest BCUT2D eigenvalue weighted by atomic mass is 10.2. The topological polar surface area (TPSA) is 15.8 Å². The van der Waals surface area contributed by atoms with Gasteiger partial charge in [0.1, 0.15) is 0 Å². The van der Waals surface area contributed by atoms with Crippen LogP contribution in [0.3, 0.4) is 0 Å². The Labute approximate surface area is 81.2 Å². The summed E-state index contributed by atoms with van der Waals surface area (Å²) >= 11 is 0. The van der Waals surface area contributed by atoms with Crippen LogP contribution in [0.1, 0.15) is 37.7 Å². The van der Waals surface area contributed by atoms with E-state index in [9.17, 15) is 0 Å². The molecule has 13 heavy (non-hydrogen) atoms. The van der Waals surface area contributed by atoms with Gasteiger partial charge in [0.25, 0.3) is 0 Å². The van der Waals surface area contributed by atoms with Gasteiger partial charge in [0, 0.05) is 11.4 Å². The third-order valence-corrected chi connectivity index (χ3v) is 1.57. The Morgan fingerprint density at radius 1 is 1.38 bits per heavy atom. The van der Waals surface area contributed by atoms with Gasteiger partial charge in [-0.2, -0.15) is 0 Å². The standard InChI is InChI=1S/C10H13N.C2H6/c1-4-6-9-7-8(3)11-10(9)5-2;1-2/h4-7,11H,2H2,1,3H3;1-2H3/b6-4-;. The molecule has 0 saturated carbocycles. The summed E-state index contributed by atoms with van der Waals surface area (Å²) in [5.74, 6) is 0. The van der Waals surface area contributed by atoms with Crippen LogP contribution in [-0.2, 0) is 0 Å². The molecule has 1 rings (SSSR count). The van der Waals surface area contributed by atoms with E-state index in [-0.39, 0.29) is 0 Å². The summed E-state index contributed by atoms with van der Waals surface area (Å²) in [7, 11) is 0. The van der Waals surface area contributed by atoms with E-state index in [2.05, 4.69) is 23.7 Å². The van der Waals surface area contributed by atoms with Crippen molar-refractivity contribution in [2.45, 2.75) is 27.7 Å². The first-order chi connectivity index (χ1) is 6.27. The van der Waals surface area contributed by atoms with Crippen LogP contribution in [0, 0.1) is 6.92 Å². The molecule has 1 aromatic rings. The third kappa shape index (κ3) is 3.32. The molecule has 0 radical (unpaired) electrons. The predicted octanol–water partition coefficient (Wildman–Crippen LogP) is 4.03. The molecule has 0 bridgehead atoms. The van der Waals surface area contributed by atoms with Crippen LogP contribution in [-0.4, -0.2) is 4.98 Å². The molecule has 0 aliphatic heterocycles. The van der Waals surface area contributed by atoms with Crippen LogP contribution in [0.15, 0.2) is 18.7 Å². The Kier molecular flexibility index (Phi) is 5.69. The molecule has 0 amide bonds. The molecular formula is C12H19N. The molecule has 0 fully saturated rings. The molecule has 1 aromatic heterocycles. The molecule has 0 saturated heterocycles. The van der Waals surface area contributed by atoms with Gasteiger partial charge >= 0.3 is 0 Å². The van der Waals surface area contributed by atoms with Crippen molar-refractivity contribution in [1.82, 2.24) is 4.98 Å². The second kappa shape index (κ2) is 6.30. The number of H-pyrrole nitrogens is 1. The van der Waals surface area contributed by atoms with Gasteiger partial charge < -0.3 is 4.98 Å². The fraction of sp³-hybridized carbons (Fsp3) is 0.333. The van der Waals surface area contributed by atoms with E-state index in [0.717, 1.165) is 5.69 Å². The fourth-order valence-electron chi connectivity index (χ4n) is 1.12. The molecule has 0 aromatic carbocycles. The molecular weight excluding hydrogens is 158 g/mol. The Bertz CT molecular complexity index is 279. The monoisotopic (exact) mass is 177 g/mol. The Morgan fingerprint density at radius 2 is 2.00 bits per heavy atom. The second-order valence-electron chi connectivity index (χ2n) is 2.53. The molecule has 0 aliphatic carbocycles. The lowest BCUT2D eigenvalue weighted by Crippen LogP contribution is -1.73. The molecule has 1 N–H and O–H groups in total. The van der Waals surface area contributed by atoms with E-state index in [1.165, 1.54) is 11.3 Å². The minimum Gasteiger partial charge on any atom is -0.359 e. The number of aromatic amines is 1. The van der Waals surface area contributed by atoms with E-state index in [0.29, 0.717) is 0 Å². The number of allylic oxidation sites excluding steroid dienone is 1. The van der Waals surface area contributed by atoms with Crippen LogP contribution in [0.2, 0.25) is 0 Å². The van der Waals surface area contributed by atoms with Crippen LogP contribution in [0.5, 0.6) is 0 Å². The van der Waals surface area contributed by atoms with Crippen LogP contribution in [0.4, 0.5) is 0 Å². The predicted molar refractivity (Wildman–Crippen MR) is 61.7 cm³/mol. The molecule has 0 atom stereocenters. The fourth-order valence-corrected chi connectivity index (χ4v) is 1.12. The Morgan fingerprint density at radius 3 is 2.46 bits per heavy atom. The van der Waals surface area contributed by atoms with Crippen molar-refractivity contribution >= 4 is 12.2 Å². The summed E-state index contributed by atoms with van der Waals surface area (Å²) in [6, 6.07) is 2.11. The summed E-state index contributed by atoms with van der Waals surface area (Å²) in [5.41, 5.74) is 3.48. The van der Waals surface area contributed by atoms with E-state index in [1.54, 1.807) is 0 Å². The summed E-state index contributed by atoms with van der Waals surface area (Å²) in [4.78, 5) is 3.21. The SMILES string of the molecule is C=Cc1[nH]c(C)cc1/C=C\C.CC. The average Bonchev–Trinajstić information content (AvgIpc) is 2.50. The maximum Gasteiger partial charge on any atom is 0.0449 e. The van der Waals surface area contributed by atoms with Crippen molar-refractivity contribution in [2.75, 3.05) is 0 Å². The highest BCUT2D eigenvalue weighted by Gasteiger charge is 1.97. The molecule has 0 aliphatic rings. The smallest absolute Gasteiger partial charge is 0.0449 e. The van der Waals surface area contributed by atoms with Gasteiger partial charge in [-0.1, -0.05) is 32.6 Å². The third-order valence-electron chi connectivity index (χ3n) is 1.57. The minimum atomic E-state index is 1.10. The van der Waals surface area contributed by atoms with Gasteiger partial charge in [0.2, 0.25) is 0 Å². The quantitative estimate of drug-likeness (QED) is 0.702. The number of hydrogen-bond acceptors (Lipinski definition) is 0. The zero-order valence-electron chi connectivity index (χ0n) is 9.02. The first kappa shape index (κ1) is 11.8. The largest absolute Gasteiger partial charge is 0.359 e. The highest BCUT2D eigenvalue weighted by atomic mass is 14.7. The van der Waals surface area contributed by atoms with Gasteiger partial charge in [-0.25, -0.2) is 0 Å². The highest BCUT2D eigenvalue weighted by Crippen LogP contribution is 2.12. The number of hydrogen-bond donors (Lipinski definition) is 1. The highest BCUT2D eigenvalue weighted by molar-refractivity contribution is 5.62. The van der Waals surface area contributed by atoms with Crippen molar-refractivity contribution in [2.24, 2.45) is 0 Å². The average molecular weight is 177 g/mol. The van der Waals surface area contributed by atoms with Crippen molar-refractivity contribution in [1.29, 1.82) is 0 Å². The molecule has 1 heteroatoms. The van der Waals surface area contributed by atoms with Crippen molar-refractivity contribution in [3.8, 4) is 0 Å². The van der Waals surface area contributed by atoms with Gasteiger partial charge in [-0.05, 0) is 31.6 Å². The lowest BCUT2D eigenvalue weighted by molar-refractivity contribution is 1.25. The minimum absolute atomic E-state index is 1.10. The number of aryl methyl sites for hydroxylation is 1. The number of rotatable bonds is 2. The molecule has 1 nitrogen and oxygen atoms in total. The normalized spacial score (nSPS) is 9.54. The molecule has 0 unspecified atom stereocenters. The van der Waals surface area contributed by atoms with E-state index in [1.807, 2.05) is 39.8 Å². The van der Waals surface area contributed by atoms with Gasteiger partial charge in [0.15, 0.2) is 0 Å².